The van der Waals surface area contributed by atoms with Crippen LogP contribution in [0, 0.1) is 12.8 Å². The van der Waals surface area contributed by atoms with Crippen molar-refractivity contribution < 1.29 is 33.0 Å². The average Bonchev–Trinajstić information content (AvgIpc) is 3.29. The van der Waals surface area contributed by atoms with Crippen molar-refractivity contribution in [3.8, 4) is 22.3 Å². The number of aliphatic carboxylic acids is 1. The van der Waals surface area contributed by atoms with Crippen molar-refractivity contribution in [2.24, 2.45) is 5.92 Å². The molecule has 7 nitrogen and oxygen atoms in total. The Morgan fingerprint density at radius 3 is 2.12 bits per heavy atom. The molecule has 1 aliphatic rings. The highest BCUT2D eigenvalue weighted by Crippen LogP contribution is 2.30. The number of fused-ring (bicyclic) bond motifs is 1. The molecule has 0 amide bonds. The lowest BCUT2D eigenvalue weighted by molar-refractivity contribution is -0.192. The number of carbonyl (C=O) groups is 2. The summed E-state index contributed by atoms with van der Waals surface area (Å²) in [5.74, 6) is -2.17. The molecule has 10 heteroatoms. The normalized spacial score (nSPS) is 14.5. The van der Waals surface area contributed by atoms with Gasteiger partial charge in [0.05, 0.1) is 11.1 Å². The van der Waals surface area contributed by atoms with Crippen molar-refractivity contribution in [2.75, 3.05) is 13.1 Å². The number of hydrogen-bond donors (Lipinski definition) is 3. The first-order chi connectivity index (χ1) is 18.9. The van der Waals surface area contributed by atoms with Gasteiger partial charge in [-0.05, 0) is 84.8 Å². The molecule has 5 rings (SSSR count). The molecule has 4 aromatic rings. The van der Waals surface area contributed by atoms with Crippen LogP contribution in [0.5, 0.6) is 0 Å². The Labute approximate surface area is 229 Å². The molecule has 0 bridgehead atoms. The number of aryl methyl sites for hydroxylation is 1. The number of aromatic nitrogens is 2. The van der Waals surface area contributed by atoms with E-state index < -0.39 is 18.1 Å². The number of hydrogen-bond acceptors (Lipinski definition) is 4. The smallest absolute Gasteiger partial charge is 0.478 e. The Morgan fingerprint density at radius 1 is 0.950 bits per heavy atom. The summed E-state index contributed by atoms with van der Waals surface area (Å²) in [5.41, 5.74) is 7.01. The van der Waals surface area contributed by atoms with Gasteiger partial charge in [-0.25, -0.2) is 14.6 Å². The van der Waals surface area contributed by atoms with Crippen molar-refractivity contribution in [3.05, 3.63) is 77.6 Å². The number of imidazole rings is 1. The van der Waals surface area contributed by atoms with E-state index in [1.54, 1.807) is 6.07 Å². The SMILES string of the molecule is Cc1nc2c(C(=O)O)cc(-c3ccc(-c4cccc(CN5CCC(C)CC5)c4)cc3)cc2[nH]1.O=C(O)C(F)(F)F. The molecular formula is C30H30F3N3O4. The number of nitrogens with zero attached hydrogens (tertiary/aromatic N) is 2. The largest absolute Gasteiger partial charge is 0.490 e. The number of piperidine rings is 1. The minimum absolute atomic E-state index is 0.218. The Balaban J connectivity index is 0.000000470. The van der Waals surface area contributed by atoms with Crippen molar-refractivity contribution in [1.29, 1.82) is 0 Å². The average molecular weight is 554 g/mol. The van der Waals surface area contributed by atoms with Crippen LogP contribution in [0.25, 0.3) is 33.3 Å². The maximum absolute atomic E-state index is 11.8. The monoisotopic (exact) mass is 553 g/mol. The summed E-state index contributed by atoms with van der Waals surface area (Å²) in [6.45, 7) is 7.54. The number of benzene rings is 3. The molecule has 2 heterocycles. The summed E-state index contributed by atoms with van der Waals surface area (Å²) < 4.78 is 31.7. The van der Waals surface area contributed by atoms with Gasteiger partial charge in [0.1, 0.15) is 11.3 Å². The van der Waals surface area contributed by atoms with Crippen LogP contribution in [0.2, 0.25) is 0 Å². The highest BCUT2D eigenvalue weighted by molar-refractivity contribution is 6.03. The maximum Gasteiger partial charge on any atom is 0.490 e. The fraction of sp³-hybridized carbons (Fsp3) is 0.300. The Morgan fingerprint density at radius 2 is 1.55 bits per heavy atom. The highest BCUT2D eigenvalue weighted by Gasteiger charge is 2.38. The summed E-state index contributed by atoms with van der Waals surface area (Å²) in [6.07, 6.45) is -2.51. The fourth-order valence-corrected chi connectivity index (χ4v) is 4.75. The topological polar surface area (TPSA) is 107 Å². The number of carboxylic acids is 2. The third-order valence-electron chi connectivity index (χ3n) is 6.94. The number of halogens is 3. The molecule has 210 valence electrons. The predicted octanol–water partition coefficient (Wildman–Crippen LogP) is 6.77. The molecule has 0 spiro atoms. The molecule has 0 radical (unpaired) electrons. The van der Waals surface area contributed by atoms with E-state index in [1.165, 1.54) is 37.1 Å². The van der Waals surface area contributed by atoms with E-state index >= 15 is 0 Å². The number of alkyl halides is 3. The molecule has 1 saturated heterocycles. The number of aromatic carboxylic acids is 1. The van der Waals surface area contributed by atoms with Crippen molar-refractivity contribution in [1.82, 2.24) is 14.9 Å². The second kappa shape index (κ2) is 11.9. The number of rotatable bonds is 5. The van der Waals surface area contributed by atoms with Gasteiger partial charge in [-0.15, -0.1) is 0 Å². The van der Waals surface area contributed by atoms with E-state index in [-0.39, 0.29) is 5.56 Å². The van der Waals surface area contributed by atoms with Crippen molar-refractivity contribution >= 4 is 23.0 Å². The molecule has 3 N–H and O–H groups in total. The lowest BCUT2D eigenvalue weighted by Crippen LogP contribution is -2.32. The second-order valence-corrected chi connectivity index (χ2v) is 10.1. The number of carboxylic acid groups (broad SMARTS) is 2. The highest BCUT2D eigenvalue weighted by atomic mass is 19.4. The summed E-state index contributed by atoms with van der Waals surface area (Å²) in [7, 11) is 0. The molecule has 1 aromatic heterocycles. The van der Waals surface area contributed by atoms with E-state index in [2.05, 4.69) is 70.3 Å². The molecule has 3 aromatic carbocycles. The zero-order chi connectivity index (χ0) is 29.0. The Bertz CT molecular complexity index is 1510. The first-order valence-corrected chi connectivity index (χ1v) is 12.9. The van der Waals surface area contributed by atoms with E-state index in [1.807, 2.05) is 13.0 Å². The van der Waals surface area contributed by atoms with Crippen LogP contribution in [0.3, 0.4) is 0 Å². The molecule has 0 unspecified atom stereocenters. The fourth-order valence-electron chi connectivity index (χ4n) is 4.75. The number of aromatic amines is 1. The zero-order valence-electron chi connectivity index (χ0n) is 22.1. The van der Waals surface area contributed by atoms with Crippen LogP contribution < -0.4 is 0 Å². The summed E-state index contributed by atoms with van der Waals surface area (Å²) in [4.78, 5) is 30.7. The lowest BCUT2D eigenvalue weighted by Gasteiger charge is -2.30. The van der Waals surface area contributed by atoms with Gasteiger partial charge in [-0.2, -0.15) is 13.2 Å². The minimum Gasteiger partial charge on any atom is -0.478 e. The van der Waals surface area contributed by atoms with E-state index in [0.717, 1.165) is 34.7 Å². The molecule has 40 heavy (non-hydrogen) atoms. The predicted molar refractivity (Wildman–Crippen MR) is 146 cm³/mol. The third-order valence-corrected chi connectivity index (χ3v) is 6.94. The van der Waals surface area contributed by atoms with Gasteiger partial charge in [0, 0.05) is 6.54 Å². The molecule has 0 aliphatic carbocycles. The van der Waals surface area contributed by atoms with Gasteiger partial charge in [0.2, 0.25) is 0 Å². The molecule has 1 aliphatic heterocycles. The quantitative estimate of drug-likeness (QED) is 0.252. The number of H-pyrrole nitrogens is 1. The number of nitrogens with one attached hydrogen (secondary N) is 1. The lowest BCUT2D eigenvalue weighted by atomic mass is 9.97. The van der Waals surface area contributed by atoms with Crippen LogP contribution in [0.15, 0.2) is 60.7 Å². The van der Waals surface area contributed by atoms with E-state index in [0.29, 0.717) is 11.3 Å². The van der Waals surface area contributed by atoms with Crippen molar-refractivity contribution in [3.63, 3.8) is 0 Å². The van der Waals surface area contributed by atoms with Crippen LogP contribution in [0.4, 0.5) is 13.2 Å². The molecule has 0 atom stereocenters. The van der Waals surface area contributed by atoms with Crippen LogP contribution in [0.1, 0.15) is 41.5 Å². The Kier molecular flexibility index (Phi) is 8.58. The van der Waals surface area contributed by atoms with Crippen LogP contribution in [-0.4, -0.2) is 56.3 Å². The minimum atomic E-state index is -5.08. The van der Waals surface area contributed by atoms with Crippen LogP contribution >= 0.6 is 0 Å². The van der Waals surface area contributed by atoms with Gasteiger partial charge in [0.15, 0.2) is 0 Å². The van der Waals surface area contributed by atoms with Crippen molar-refractivity contribution in [2.45, 2.75) is 39.4 Å². The maximum atomic E-state index is 11.8. The van der Waals surface area contributed by atoms with Gasteiger partial charge < -0.3 is 15.2 Å². The molecular weight excluding hydrogens is 523 g/mol. The first kappa shape index (κ1) is 28.8. The van der Waals surface area contributed by atoms with Gasteiger partial charge >= 0.3 is 18.1 Å². The second-order valence-electron chi connectivity index (χ2n) is 10.1. The Hall–Kier alpha value is -4.18. The summed E-state index contributed by atoms with van der Waals surface area (Å²) >= 11 is 0. The standard InChI is InChI=1S/C28H29N3O2.C2HF3O2/c1-18-10-12-31(13-11-18)17-20-4-3-5-23(14-20)21-6-8-22(9-7-21)24-15-25(28(32)33)27-26(16-24)29-19(2)30-27;3-2(4,5)1(6)7/h3-9,14-16,18H,10-13,17H2,1-2H3,(H,29,30)(H,32,33);(H,6,7). The third kappa shape index (κ3) is 7.06. The number of likely N-dealkylation sites (tertiary alicyclic amines) is 1. The zero-order valence-corrected chi connectivity index (χ0v) is 22.1. The van der Waals surface area contributed by atoms with Crippen LogP contribution in [-0.2, 0) is 11.3 Å². The molecule has 1 fully saturated rings. The van der Waals surface area contributed by atoms with Gasteiger partial charge in [0.25, 0.3) is 0 Å². The summed E-state index contributed by atoms with van der Waals surface area (Å²) in [5, 5.41) is 16.8. The van der Waals surface area contributed by atoms with Gasteiger partial charge in [-0.1, -0.05) is 49.4 Å². The first-order valence-electron chi connectivity index (χ1n) is 12.9. The van der Waals surface area contributed by atoms with E-state index in [4.69, 9.17) is 9.90 Å². The summed E-state index contributed by atoms with van der Waals surface area (Å²) in [6, 6.07) is 20.8. The van der Waals surface area contributed by atoms with E-state index in [9.17, 15) is 23.1 Å². The molecule has 0 saturated carbocycles. The van der Waals surface area contributed by atoms with Gasteiger partial charge in [-0.3, -0.25) is 4.90 Å².